The van der Waals surface area contributed by atoms with Crippen molar-refractivity contribution in [3.63, 3.8) is 0 Å². The van der Waals surface area contributed by atoms with Gasteiger partial charge in [0.2, 0.25) is 0 Å². The Morgan fingerprint density at radius 1 is 1.18 bits per heavy atom. The summed E-state index contributed by atoms with van der Waals surface area (Å²) in [6.07, 6.45) is 0. The van der Waals surface area contributed by atoms with Gasteiger partial charge in [0, 0.05) is 12.4 Å². The van der Waals surface area contributed by atoms with Gasteiger partial charge in [-0.2, -0.15) is 0 Å². The van der Waals surface area contributed by atoms with Gasteiger partial charge in [0.25, 0.3) is 0 Å². The third kappa shape index (κ3) is 2.52. The van der Waals surface area contributed by atoms with Crippen LogP contribution in [0, 0.1) is 0 Å². The summed E-state index contributed by atoms with van der Waals surface area (Å²) in [4.78, 5) is 0. The van der Waals surface area contributed by atoms with Crippen molar-refractivity contribution in [1.82, 2.24) is 5.32 Å². The van der Waals surface area contributed by atoms with Crippen LogP contribution in [0.15, 0.2) is 24.3 Å². The summed E-state index contributed by atoms with van der Waals surface area (Å²) in [6.45, 7) is 0.919. The largest absolute Gasteiger partial charge is 0.316 e. The molecule has 0 heterocycles. The molecule has 0 spiro atoms. The molecule has 0 radical (unpaired) electrons. The third-order valence-electron chi connectivity index (χ3n) is 1.56. The standard InChI is InChI=1S/C9H12ClN/c1-11-7-9-4-2-8(6-10)3-5-9/h2-5,11H,6-7H2,1H3. The Hall–Kier alpha value is -0.530. The lowest BCUT2D eigenvalue weighted by Gasteiger charge is -1.99. The SMILES string of the molecule is CNCc1ccc(CCl)cc1. The van der Waals surface area contributed by atoms with Gasteiger partial charge in [0.05, 0.1) is 0 Å². The molecule has 0 amide bonds. The molecule has 0 aromatic heterocycles. The molecule has 0 aliphatic rings. The van der Waals surface area contributed by atoms with Crippen molar-refractivity contribution in [2.45, 2.75) is 12.4 Å². The van der Waals surface area contributed by atoms with E-state index < -0.39 is 0 Å². The predicted molar refractivity (Wildman–Crippen MR) is 48.8 cm³/mol. The summed E-state index contributed by atoms with van der Waals surface area (Å²) in [7, 11) is 1.94. The molecule has 0 fully saturated rings. The quantitative estimate of drug-likeness (QED) is 0.684. The Morgan fingerprint density at radius 2 is 1.73 bits per heavy atom. The van der Waals surface area contributed by atoms with E-state index in [1.807, 2.05) is 7.05 Å². The van der Waals surface area contributed by atoms with Crippen molar-refractivity contribution < 1.29 is 0 Å². The molecule has 2 heteroatoms. The lowest BCUT2D eigenvalue weighted by molar-refractivity contribution is 0.817. The van der Waals surface area contributed by atoms with Crippen molar-refractivity contribution in [2.24, 2.45) is 0 Å². The van der Waals surface area contributed by atoms with E-state index in [4.69, 9.17) is 11.6 Å². The minimum Gasteiger partial charge on any atom is -0.316 e. The van der Waals surface area contributed by atoms with E-state index in [-0.39, 0.29) is 0 Å². The lowest BCUT2D eigenvalue weighted by atomic mass is 10.1. The second-order valence-corrected chi connectivity index (χ2v) is 2.75. The Kier molecular flexibility index (Phi) is 3.40. The molecule has 60 valence electrons. The van der Waals surface area contributed by atoms with Crippen LogP contribution >= 0.6 is 11.6 Å². The van der Waals surface area contributed by atoms with Gasteiger partial charge in [-0.3, -0.25) is 0 Å². The highest BCUT2D eigenvalue weighted by Gasteiger charge is 1.90. The number of nitrogens with one attached hydrogen (secondary N) is 1. The molecule has 1 aromatic rings. The van der Waals surface area contributed by atoms with E-state index in [2.05, 4.69) is 29.6 Å². The number of hydrogen-bond acceptors (Lipinski definition) is 1. The van der Waals surface area contributed by atoms with Gasteiger partial charge in [0.15, 0.2) is 0 Å². The molecule has 0 saturated carbocycles. The number of halogens is 1. The summed E-state index contributed by atoms with van der Waals surface area (Å²) in [5, 5.41) is 3.09. The van der Waals surface area contributed by atoms with Crippen LogP contribution in [-0.2, 0) is 12.4 Å². The Bertz CT molecular complexity index is 205. The molecular weight excluding hydrogens is 158 g/mol. The Balaban J connectivity index is 2.66. The molecule has 0 aliphatic heterocycles. The summed E-state index contributed by atoms with van der Waals surface area (Å²) in [5.41, 5.74) is 2.47. The van der Waals surface area contributed by atoms with E-state index in [0.717, 1.165) is 6.54 Å². The fourth-order valence-corrected chi connectivity index (χ4v) is 1.13. The molecular formula is C9H12ClN. The molecule has 11 heavy (non-hydrogen) atoms. The molecule has 1 N–H and O–H groups in total. The molecule has 1 nitrogen and oxygen atoms in total. The second kappa shape index (κ2) is 4.37. The van der Waals surface area contributed by atoms with Gasteiger partial charge in [0.1, 0.15) is 0 Å². The van der Waals surface area contributed by atoms with Gasteiger partial charge in [-0.1, -0.05) is 24.3 Å². The maximum absolute atomic E-state index is 5.64. The molecule has 0 bridgehead atoms. The van der Waals surface area contributed by atoms with Crippen LogP contribution in [0.1, 0.15) is 11.1 Å². The third-order valence-corrected chi connectivity index (χ3v) is 1.87. The van der Waals surface area contributed by atoms with Crippen molar-refractivity contribution in [2.75, 3.05) is 7.05 Å². The highest BCUT2D eigenvalue weighted by atomic mass is 35.5. The van der Waals surface area contributed by atoms with Gasteiger partial charge < -0.3 is 5.32 Å². The maximum Gasteiger partial charge on any atom is 0.0474 e. The second-order valence-electron chi connectivity index (χ2n) is 2.48. The van der Waals surface area contributed by atoms with E-state index in [9.17, 15) is 0 Å². The normalized spacial score (nSPS) is 10.0. The van der Waals surface area contributed by atoms with Crippen LogP contribution in [-0.4, -0.2) is 7.05 Å². The molecule has 1 rings (SSSR count). The first-order valence-corrected chi connectivity index (χ1v) is 4.18. The highest BCUT2D eigenvalue weighted by Crippen LogP contribution is 2.06. The number of alkyl halides is 1. The van der Waals surface area contributed by atoms with Crippen molar-refractivity contribution in [1.29, 1.82) is 0 Å². The minimum atomic E-state index is 0.597. The fourth-order valence-electron chi connectivity index (χ4n) is 0.950. The van der Waals surface area contributed by atoms with E-state index in [1.54, 1.807) is 0 Å². The topological polar surface area (TPSA) is 12.0 Å². The van der Waals surface area contributed by atoms with Crippen molar-refractivity contribution >= 4 is 11.6 Å². The van der Waals surface area contributed by atoms with Gasteiger partial charge in [-0.25, -0.2) is 0 Å². The average molecular weight is 170 g/mol. The van der Waals surface area contributed by atoms with Crippen molar-refractivity contribution in [3.8, 4) is 0 Å². The molecule has 1 aromatic carbocycles. The number of rotatable bonds is 3. The van der Waals surface area contributed by atoms with Gasteiger partial charge in [-0.15, -0.1) is 11.6 Å². The minimum absolute atomic E-state index is 0.597. The Morgan fingerprint density at radius 3 is 2.18 bits per heavy atom. The van der Waals surface area contributed by atoms with Crippen LogP contribution in [0.2, 0.25) is 0 Å². The van der Waals surface area contributed by atoms with E-state index in [0.29, 0.717) is 5.88 Å². The zero-order chi connectivity index (χ0) is 8.10. The number of benzene rings is 1. The van der Waals surface area contributed by atoms with Crippen LogP contribution in [0.5, 0.6) is 0 Å². The van der Waals surface area contributed by atoms with E-state index >= 15 is 0 Å². The Labute approximate surface area is 72.4 Å². The maximum atomic E-state index is 5.64. The fraction of sp³-hybridized carbons (Fsp3) is 0.333. The summed E-state index contributed by atoms with van der Waals surface area (Å²) < 4.78 is 0. The summed E-state index contributed by atoms with van der Waals surface area (Å²) in [5.74, 6) is 0.597. The zero-order valence-electron chi connectivity index (χ0n) is 6.60. The van der Waals surface area contributed by atoms with Crippen LogP contribution in [0.4, 0.5) is 0 Å². The predicted octanol–water partition coefficient (Wildman–Crippen LogP) is 2.14. The van der Waals surface area contributed by atoms with Crippen LogP contribution < -0.4 is 5.32 Å². The average Bonchev–Trinajstić information content (AvgIpc) is 2.07. The van der Waals surface area contributed by atoms with E-state index in [1.165, 1.54) is 11.1 Å². The van der Waals surface area contributed by atoms with Gasteiger partial charge in [-0.05, 0) is 18.2 Å². The molecule has 0 aliphatic carbocycles. The highest BCUT2D eigenvalue weighted by molar-refractivity contribution is 6.17. The first kappa shape index (κ1) is 8.57. The first-order chi connectivity index (χ1) is 5.36. The lowest BCUT2D eigenvalue weighted by Crippen LogP contribution is -2.04. The summed E-state index contributed by atoms with van der Waals surface area (Å²) >= 11 is 5.64. The molecule has 0 atom stereocenters. The summed E-state index contributed by atoms with van der Waals surface area (Å²) in [6, 6.07) is 8.29. The smallest absolute Gasteiger partial charge is 0.0474 e. The van der Waals surface area contributed by atoms with Gasteiger partial charge >= 0.3 is 0 Å². The van der Waals surface area contributed by atoms with Crippen molar-refractivity contribution in [3.05, 3.63) is 35.4 Å². The molecule has 0 unspecified atom stereocenters. The first-order valence-electron chi connectivity index (χ1n) is 3.65. The monoisotopic (exact) mass is 169 g/mol. The van der Waals surface area contributed by atoms with Crippen LogP contribution in [0.25, 0.3) is 0 Å². The van der Waals surface area contributed by atoms with Crippen LogP contribution in [0.3, 0.4) is 0 Å². The zero-order valence-corrected chi connectivity index (χ0v) is 7.36. The number of hydrogen-bond donors (Lipinski definition) is 1. The molecule has 0 saturated heterocycles.